The minimum Gasteiger partial charge on any atom is -0.460 e. The van der Waals surface area contributed by atoms with Gasteiger partial charge in [0, 0.05) is 5.56 Å². The number of ether oxygens (including phenoxy) is 1. The Balaban J connectivity index is 1.94. The first kappa shape index (κ1) is 13.5. The second-order valence-electron chi connectivity index (χ2n) is 5.33. The Labute approximate surface area is 150 Å². The Kier molecular flexibility index (Phi) is 3.56. The molecule has 2 aromatic rings. The first-order valence-electron chi connectivity index (χ1n) is 8.79. The topological polar surface area (TPSA) is 95.7 Å². The molecule has 1 atom stereocenters. The molecule has 130 valence electrons. The van der Waals surface area contributed by atoms with Gasteiger partial charge in [0.05, 0.1) is 4.11 Å². The molecule has 0 aliphatic carbocycles. The molecule has 7 heteroatoms. The summed E-state index contributed by atoms with van der Waals surface area (Å²) >= 11 is 0. The van der Waals surface area contributed by atoms with Crippen LogP contribution in [0, 0.1) is 6.92 Å². The molecule has 2 N–H and O–H groups in total. The lowest BCUT2D eigenvalue weighted by Gasteiger charge is -2.10. The van der Waals surface area contributed by atoms with Gasteiger partial charge in [-0.1, -0.05) is 60.2 Å². The van der Waals surface area contributed by atoms with Crippen molar-refractivity contribution in [1.82, 2.24) is 0 Å². The fourth-order valence-electron chi connectivity index (χ4n) is 2.25. The van der Waals surface area contributed by atoms with Gasteiger partial charge in [0.1, 0.15) is 5.70 Å². The minimum absolute atomic E-state index is 0.141. The summed E-state index contributed by atoms with van der Waals surface area (Å²) in [5, 5.41) is 0. The maximum absolute atomic E-state index is 12.7. The number of benzene rings is 2. The summed E-state index contributed by atoms with van der Waals surface area (Å²) in [4.78, 5) is 12.7. The number of rotatable bonds is 5. The van der Waals surface area contributed by atoms with Crippen molar-refractivity contribution in [3.05, 3.63) is 82.9 Å². The van der Waals surface area contributed by atoms with E-state index in [0.29, 0.717) is 0 Å². The number of ketones is 1. The lowest BCUT2D eigenvalue weighted by Crippen LogP contribution is -2.16. The van der Waals surface area contributed by atoms with Crippen molar-refractivity contribution >= 4 is 15.9 Å². The molecule has 0 spiro atoms. The zero-order valence-corrected chi connectivity index (χ0v) is 14.0. The van der Waals surface area contributed by atoms with Gasteiger partial charge in [0.15, 0.2) is 6.08 Å². The number of carbonyl (C=O) groups excluding carboxylic acids is 1. The fraction of sp³-hybridized carbons (Fsp3) is 0.167. The van der Waals surface area contributed by atoms with Crippen molar-refractivity contribution < 1.29 is 26.2 Å². The van der Waals surface area contributed by atoms with Crippen molar-refractivity contribution in [2.45, 2.75) is 18.7 Å². The molecular weight excluding hydrogens is 342 g/mol. The second-order valence-corrected chi connectivity index (χ2v) is 6.61. The number of Topliss-reactive ketones (excluding diaryl/α,β-unsaturated/α-hetero) is 1. The molecule has 0 saturated carbocycles. The molecule has 25 heavy (non-hydrogen) atoms. The number of carbonyl (C=O) groups is 1. The average Bonchev–Trinajstić information content (AvgIpc) is 2.86. The number of hydrogen-bond donors (Lipinski definition) is 1. The predicted octanol–water partition coefficient (Wildman–Crippen LogP) is 2.31. The van der Waals surface area contributed by atoms with Crippen LogP contribution in [0.15, 0.2) is 66.2 Å². The van der Waals surface area contributed by atoms with Gasteiger partial charge >= 0.3 is 10.1 Å². The molecule has 0 saturated heterocycles. The van der Waals surface area contributed by atoms with Gasteiger partial charge in [0.25, 0.3) is 0 Å². The molecule has 6 nitrogen and oxygen atoms in total. The molecule has 0 amide bonds. The van der Waals surface area contributed by atoms with Gasteiger partial charge in [-0.3, -0.25) is 4.79 Å². The molecule has 1 aliphatic heterocycles. The zero-order valence-electron chi connectivity index (χ0n) is 16.2. The number of hydrogen-bond acceptors (Lipinski definition) is 6. The quantitative estimate of drug-likeness (QED) is 0.820. The lowest BCUT2D eigenvalue weighted by molar-refractivity contribution is -0.123. The van der Waals surface area contributed by atoms with Crippen LogP contribution in [0.25, 0.3) is 0 Å². The first-order chi connectivity index (χ1) is 13.0. The van der Waals surface area contributed by atoms with E-state index in [-0.39, 0.29) is 11.1 Å². The molecule has 0 bridgehead atoms. The van der Waals surface area contributed by atoms with Crippen molar-refractivity contribution in [3.8, 4) is 0 Å². The van der Waals surface area contributed by atoms with Gasteiger partial charge in [-0.05, 0) is 12.5 Å². The molecule has 0 fully saturated rings. The third-order valence-corrected chi connectivity index (χ3v) is 4.21. The van der Waals surface area contributed by atoms with Gasteiger partial charge in [0.2, 0.25) is 17.4 Å². The highest BCUT2D eigenvalue weighted by Crippen LogP contribution is 2.33. The molecule has 1 heterocycles. The third-order valence-electron chi connectivity index (χ3n) is 3.34. The van der Waals surface area contributed by atoms with E-state index in [4.69, 9.17) is 18.8 Å². The normalized spacial score (nSPS) is 22.8. The lowest BCUT2D eigenvalue weighted by atomic mass is 10.0. The van der Waals surface area contributed by atoms with E-state index in [1.165, 1.54) is 36.4 Å². The van der Waals surface area contributed by atoms with Crippen LogP contribution in [0.2, 0.25) is 0 Å². The van der Waals surface area contributed by atoms with Gasteiger partial charge < -0.3 is 14.7 Å². The zero-order chi connectivity index (χ0) is 20.7. The number of aryl methyl sites for hydroxylation is 1. The van der Waals surface area contributed by atoms with Crippen molar-refractivity contribution in [3.63, 3.8) is 0 Å². The van der Waals surface area contributed by atoms with Crippen LogP contribution in [0.3, 0.4) is 0 Å². The number of nitrogens with two attached hydrogens (primary N) is 1. The van der Waals surface area contributed by atoms with E-state index in [2.05, 4.69) is 0 Å². The SMILES string of the molecule is [2H]C([2H])(c1ccccc1)S(=O)(=O)OC1=C(N)O[C@@]([2H])(c2cccc(C)c2)C1=O. The molecule has 1 aliphatic rings. The van der Waals surface area contributed by atoms with Crippen LogP contribution in [0.1, 0.15) is 26.9 Å². The average molecular weight is 362 g/mol. The van der Waals surface area contributed by atoms with E-state index in [9.17, 15) is 13.2 Å². The Morgan fingerprint density at radius 3 is 2.64 bits per heavy atom. The van der Waals surface area contributed by atoms with E-state index < -0.39 is 39.3 Å². The molecule has 0 aromatic heterocycles. The Hall–Kier alpha value is -2.80. The Bertz CT molecular complexity index is 1070. The largest absolute Gasteiger partial charge is 0.460 e. The van der Waals surface area contributed by atoms with Crippen LogP contribution in [0.5, 0.6) is 0 Å². The molecule has 3 rings (SSSR count). The Morgan fingerprint density at radius 2 is 1.96 bits per heavy atom. The van der Waals surface area contributed by atoms with E-state index in [1.807, 2.05) is 0 Å². The summed E-state index contributed by atoms with van der Waals surface area (Å²) in [6.07, 6.45) is -2.32. The maximum Gasteiger partial charge on any atom is 0.313 e. The molecule has 0 radical (unpaired) electrons. The third kappa shape index (κ3) is 3.83. The highest BCUT2D eigenvalue weighted by molar-refractivity contribution is 7.86. The Morgan fingerprint density at radius 1 is 1.24 bits per heavy atom. The molecule has 0 unspecified atom stereocenters. The minimum atomic E-state index is -4.99. The van der Waals surface area contributed by atoms with Crippen LogP contribution >= 0.6 is 0 Å². The van der Waals surface area contributed by atoms with Crippen LogP contribution in [0.4, 0.5) is 0 Å². The van der Waals surface area contributed by atoms with E-state index >= 15 is 0 Å². The highest BCUT2D eigenvalue weighted by atomic mass is 32.2. The summed E-state index contributed by atoms with van der Waals surface area (Å²) in [5.74, 6) is -2.76. The molecular formula is C18H17NO5S. The van der Waals surface area contributed by atoms with Crippen molar-refractivity contribution in [1.29, 1.82) is 0 Å². The van der Waals surface area contributed by atoms with Crippen molar-refractivity contribution in [2.75, 3.05) is 0 Å². The fourth-order valence-corrected chi connectivity index (χ4v) is 3.10. The van der Waals surface area contributed by atoms with Gasteiger partial charge in [-0.2, -0.15) is 8.42 Å². The van der Waals surface area contributed by atoms with Crippen LogP contribution in [-0.2, 0) is 29.5 Å². The van der Waals surface area contributed by atoms with Crippen LogP contribution in [-0.4, -0.2) is 14.2 Å². The van der Waals surface area contributed by atoms with E-state index in [1.54, 1.807) is 25.1 Å². The van der Waals surface area contributed by atoms with Gasteiger partial charge in [-0.25, -0.2) is 0 Å². The smallest absolute Gasteiger partial charge is 0.313 e. The highest BCUT2D eigenvalue weighted by Gasteiger charge is 2.39. The summed E-state index contributed by atoms with van der Waals surface area (Å²) in [5.41, 5.74) is 3.36. The summed E-state index contributed by atoms with van der Waals surface area (Å²) < 4.78 is 59.2. The molecule has 2 aromatic carbocycles. The summed E-state index contributed by atoms with van der Waals surface area (Å²) in [6.45, 7) is 1.75. The summed E-state index contributed by atoms with van der Waals surface area (Å²) in [7, 11) is -4.99. The predicted molar refractivity (Wildman–Crippen MR) is 91.4 cm³/mol. The van der Waals surface area contributed by atoms with E-state index in [0.717, 1.165) is 5.56 Å². The van der Waals surface area contributed by atoms with Crippen LogP contribution < -0.4 is 5.73 Å². The second kappa shape index (κ2) is 6.60. The standard InChI is InChI=1S/C18H17NO5S/c1-12-6-5-9-14(10-12)16-15(20)17(18(19)23-16)24-25(21,22)11-13-7-3-2-4-8-13/h2-10,16H,11,19H2,1H3/t16-/m0/s1/i11D2,16D. The monoisotopic (exact) mass is 362 g/mol. The van der Waals surface area contributed by atoms with Gasteiger partial charge in [-0.15, -0.1) is 0 Å². The first-order valence-corrected chi connectivity index (χ1v) is 8.70. The summed E-state index contributed by atoms with van der Waals surface area (Å²) in [6, 6.07) is 13.4. The van der Waals surface area contributed by atoms with Crippen molar-refractivity contribution in [2.24, 2.45) is 5.73 Å². The maximum atomic E-state index is 12.7.